The van der Waals surface area contributed by atoms with E-state index in [9.17, 15) is 19.2 Å². The molecule has 8 rings (SSSR count). The molecule has 0 atom stereocenters. The first-order valence-corrected chi connectivity index (χ1v) is 13.7. The fourth-order valence-electron chi connectivity index (χ4n) is 6.51. The smallest absolute Gasteiger partial charge is 0.198 e. The summed E-state index contributed by atoms with van der Waals surface area (Å²) < 4.78 is 0. The number of hydrogen-bond donors (Lipinski definition) is 0. The van der Waals surface area contributed by atoms with Crippen molar-refractivity contribution in [2.24, 2.45) is 10.2 Å². The van der Waals surface area contributed by atoms with Crippen LogP contribution in [-0.4, -0.2) is 34.6 Å². The van der Waals surface area contributed by atoms with Crippen molar-refractivity contribution in [2.75, 3.05) is 0 Å². The van der Waals surface area contributed by atoms with E-state index in [-0.39, 0.29) is 34.3 Å². The molecule has 0 fully saturated rings. The van der Waals surface area contributed by atoms with Crippen LogP contribution in [0.5, 0.6) is 0 Å². The number of carbonyl (C=O) groups excluding carboxylic acids is 4. The Morgan fingerprint density at radius 1 is 0.357 bits per heavy atom. The van der Waals surface area contributed by atoms with Gasteiger partial charge in [0, 0.05) is 46.2 Å². The van der Waals surface area contributed by atoms with Crippen molar-refractivity contribution in [3.05, 3.63) is 153 Å². The lowest BCUT2D eigenvalue weighted by molar-refractivity contribution is 0.0974. The van der Waals surface area contributed by atoms with Gasteiger partial charge in [-0.25, -0.2) is 0 Å². The van der Waals surface area contributed by atoms with Crippen LogP contribution in [0, 0.1) is 0 Å². The zero-order chi connectivity index (χ0) is 28.5. The number of rotatable bonds is 1. The van der Waals surface area contributed by atoms with Crippen LogP contribution in [-0.2, 0) is 0 Å². The van der Waals surface area contributed by atoms with E-state index in [1.807, 2.05) is 48.5 Å². The first-order chi connectivity index (χ1) is 20.5. The van der Waals surface area contributed by atoms with E-state index < -0.39 is 0 Å². The van der Waals surface area contributed by atoms with Gasteiger partial charge in [0.1, 0.15) is 0 Å². The van der Waals surface area contributed by atoms with Crippen molar-refractivity contribution in [1.82, 2.24) is 0 Å². The average molecular weight is 545 g/mol. The number of fused-ring (bicyclic) bond motifs is 4. The maximum atomic E-state index is 13.3. The number of allylic oxidation sites excluding steroid dienone is 4. The molecule has 0 N–H and O–H groups in total. The average Bonchev–Trinajstić information content (AvgIpc) is 3.72. The van der Waals surface area contributed by atoms with Gasteiger partial charge in [-0.3, -0.25) is 19.2 Å². The summed E-state index contributed by atoms with van der Waals surface area (Å²) in [6, 6.07) is 29.0. The molecule has 0 spiro atoms. The minimum atomic E-state index is -0.263. The van der Waals surface area contributed by atoms with E-state index in [0.29, 0.717) is 57.7 Å². The molecule has 0 unspecified atom stereocenters. The Kier molecular flexibility index (Phi) is 5.15. The van der Waals surface area contributed by atoms with Gasteiger partial charge in [-0.15, -0.1) is 0 Å². The lowest BCUT2D eigenvalue weighted by Crippen LogP contribution is -2.04. The Morgan fingerprint density at radius 2 is 0.619 bits per heavy atom. The predicted octanol–water partition coefficient (Wildman–Crippen LogP) is 6.35. The predicted molar refractivity (Wildman–Crippen MR) is 159 cm³/mol. The van der Waals surface area contributed by atoms with Crippen LogP contribution in [0.2, 0.25) is 0 Å². The second-order valence-corrected chi connectivity index (χ2v) is 10.7. The monoisotopic (exact) mass is 544 g/mol. The lowest BCUT2D eigenvalue weighted by Gasteiger charge is -2.03. The molecule has 0 bridgehead atoms. The van der Waals surface area contributed by atoms with Crippen LogP contribution >= 0.6 is 0 Å². The number of Topliss-reactive ketones (excluding diaryl/α,β-unsaturated/α-hetero) is 4. The molecular weight excluding hydrogens is 524 g/mol. The third-order valence-corrected chi connectivity index (χ3v) is 8.45. The van der Waals surface area contributed by atoms with Gasteiger partial charge < -0.3 is 0 Å². The number of nitrogens with zero attached hydrogens (tertiary/aromatic N) is 2. The Hall–Kier alpha value is -5.62. The van der Waals surface area contributed by atoms with Crippen molar-refractivity contribution < 1.29 is 19.2 Å². The van der Waals surface area contributed by atoms with E-state index in [2.05, 4.69) is 10.2 Å². The molecule has 0 heterocycles. The van der Waals surface area contributed by atoms with Crippen molar-refractivity contribution >= 4 is 45.7 Å². The van der Waals surface area contributed by atoms with Crippen molar-refractivity contribution in [1.29, 1.82) is 0 Å². The Morgan fingerprint density at radius 3 is 0.929 bits per heavy atom. The van der Waals surface area contributed by atoms with E-state index in [1.165, 1.54) is 0 Å². The molecule has 4 aliphatic carbocycles. The summed E-state index contributed by atoms with van der Waals surface area (Å²) in [7, 11) is 0. The minimum absolute atomic E-state index is 0.192. The van der Waals surface area contributed by atoms with Crippen LogP contribution < -0.4 is 0 Å². The highest BCUT2D eigenvalue weighted by Gasteiger charge is 2.40. The zero-order valence-corrected chi connectivity index (χ0v) is 22.2. The largest absolute Gasteiger partial charge is 0.288 e. The van der Waals surface area contributed by atoms with Crippen molar-refractivity contribution in [2.45, 2.75) is 12.8 Å². The Labute approximate surface area is 240 Å². The van der Waals surface area contributed by atoms with Gasteiger partial charge in [-0.1, -0.05) is 97.1 Å². The molecule has 0 amide bonds. The quantitative estimate of drug-likeness (QED) is 0.159. The first-order valence-electron chi connectivity index (χ1n) is 13.7. The first kappa shape index (κ1) is 24.2. The van der Waals surface area contributed by atoms with Crippen molar-refractivity contribution in [3.63, 3.8) is 0 Å². The molecule has 198 valence electrons. The lowest BCUT2D eigenvalue weighted by atomic mass is 9.98. The summed E-state index contributed by atoms with van der Waals surface area (Å²) in [5.74, 6) is -1.05. The van der Waals surface area contributed by atoms with Crippen LogP contribution in [0.1, 0.15) is 76.5 Å². The van der Waals surface area contributed by atoms with Crippen LogP contribution in [0.3, 0.4) is 0 Å². The summed E-state index contributed by atoms with van der Waals surface area (Å²) in [5, 5.41) is 9.32. The van der Waals surface area contributed by atoms with Crippen LogP contribution in [0.4, 0.5) is 0 Å². The van der Waals surface area contributed by atoms with Gasteiger partial charge in [0.2, 0.25) is 0 Å². The number of hydrogen-bond acceptors (Lipinski definition) is 6. The Bertz CT molecular complexity index is 1880. The standard InChI is InChI=1S/C36H20N2O4/c39-33-23-13-5-6-14-24(23)34(40)31(33)27-17-29(21-11-3-1-9-19(21)27)37-38-30-18-28(20-10-2-4-12-22(20)30)32-35(41)25-15-7-8-16-26(25)36(32)42/h1-16H,17-18H2/b37-29+,38-30+. The van der Waals surface area contributed by atoms with Crippen LogP contribution in [0.25, 0.3) is 11.1 Å². The van der Waals surface area contributed by atoms with E-state index >= 15 is 0 Å². The molecule has 6 heteroatoms. The van der Waals surface area contributed by atoms with E-state index in [0.717, 1.165) is 22.3 Å². The minimum Gasteiger partial charge on any atom is -0.288 e. The normalized spacial score (nSPS) is 18.9. The Balaban J connectivity index is 1.22. The number of ketones is 4. The van der Waals surface area contributed by atoms with Gasteiger partial charge in [0.15, 0.2) is 23.1 Å². The van der Waals surface area contributed by atoms with Gasteiger partial charge >= 0.3 is 0 Å². The fourth-order valence-corrected chi connectivity index (χ4v) is 6.51. The molecule has 42 heavy (non-hydrogen) atoms. The maximum Gasteiger partial charge on any atom is 0.198 e. The van der Waals surface area contributed by atoms with Crippen LogP contribution in [0.15, 0.2) is 118 Å². The van der Waals surface area contributed by atoms with Crippen molar-refractivity contribution in [3.8, 4) is 0 Å². The topological polar surface area (TPSA) is 93.0 Å². The molecule has 0 saturated heterocycles. The summed E-state index contributed by atoms with van der Waals surface area (Å²) >= 11 is 0. The molecule has 4 aromatic rings. The number of benzene rings is 4. The summed E-state index contributed by atoms with van der Waals surface area (Å²) in [6.45, 7) is 0. The third kappa shape index (κ3) is 3.32. The third-order valence-electron chi connectivity index (χ3n) is 8.45. The van der Waals surface area contributed by atoms with Gasteiger partial charge in [0.25, 0.3) is 0 Å². The summed E-state index contributed by atoms with van der Waals surface area (Å²) in [4.78, 5) is 53.2. The second kappa shape index (κ2) is 8.94. The molecule has 4 aromatic carbocycles. The van der Waals surface area contributed by atoms with Gasteiger partial charge in [-0.2, -0.15) is 10.2 Å². The second-order valence-electron chi connectivity index (χ2n) is 10.7. The van der Waals surface area contributed by atoms with E-state index in [4.69, 9.17) is 0 Å². The summed E-state index contributed by atoms with van der Waals surface area (Å²) in [6.07, 6.45) is 0.581. The number of carbonyl (C=O) groups is 4. The molecular formula is C36H20N2O4. The highest BCUT2D eigenvalue weighted by Crippen LogP contribution is 2.42. The fraction of sp³-hybridized carbons (Fsp3) is 0.0556. The highest BCUT2D eigenvalue weighted by molar-refractivity contribution is 6.44. The molecule has 0 aromatic heterocycles. The molecule has 0 saturated carbocycles. The zero-order valence-electron chi connectivity index (χ0n) is 22.2. The van der Waals surface area contributed by atoms with Gasteiger partial charge in [0.05, 0.1) is 22.6 Å². The van der Waals surface area contributed by atoms with Gasteiger partial charge in [-0.05, 0) is 22.3 Å². The molecule has 0 radical (unpaired) electrons. The molecule has 4 aliphatic rings. The summed E-state index contributed by atoms with van der Waals surface area (Å²) in [5.41, 5.74) is 7.95. The van der Waals surface area contributed by atoms with E-state index in [1.54, 1.807) is 48.5 Å². The molecule has 6 nitrogen and oxygen atoms in total. The SMILES string of the molecule is O=C1C(=C2C/C(=N\N=C3/CC(=C4C(=O)c5ccccc5C4=O)c4ccccc43)c3ccccc32)C(=O)c2ccccc21. The highest BCUT2D eigenvalue weighted by atomic mass is 16.2. The molecule has 0 aliphatic heterocycles. The maximum absolute atomic E-state index is 13.3.